The molecule has 0 spiro atoms. The van der Waals surface area contributed by atoms with E-state index >= 15 is 0 Å². The molecule has 0 amide bonds. The molecule has 58 heavy (non-hydrogen) atoms. The minimum Gasteiger partial charge on any atom is -0.462 e. The van der Waals surface area contributed by atoms with Crippen LogP contribution in [0, 0.1) is 0 Å². The van der Waals surface area contributed by atoms with Crippen LogP contribution < -0.4 is 0 Å². The maximum absolute atomic E-state index is 13.9. The Hall–Kier alpha value is -7.48. The molecule has 2 N–H and O–H groups in total. The molecule has 7 aromatic heterocycles. The van der Waals surface area contributed by atoms with E-state index in [4.69, 9.17) is 38.9 Å². The van der Waals surface area contributed by atoms with Crippen LogP contribution in [0.4, 0.5) is 0 Å². The number of ether oxygens (including phenoxy) is 4. The van der Waals surface area contributed by atoms with Crippen molar-refractivity contribution in [2.24, 2.45) is 0 Å². The SMILES string of the molecule is CCOC(=O)c1c(C(=O)OCC)c2[nH]c1c1ccc3ccc4ccc(nc4c3n1)c1[nH]c(c(C(=O)OCC)c1C(=O)OCC)c1ccc3ccc4ccc2nc4c3n1. The number of benzene rings is 2. The monoisotopic (exact) mass is 774 g/mol. The Morgan fingerprint density at radius 3 is 0.793 bits per heavy atom. The van der Waals surface area contributed by atoms with E-state index in [0.29, 0.717) is 44.1 Å². The summed E-state index contributed by atoms with van der Waals surface area (Å²) in [4.78, 5) is 82.5. The second-order valence-corrected chi connectivity index (χ2v) is 13.3. The van der Waals surface area contributed by atoms with Crippen LogP contribution in [-0.4, -0.2) is 80.2 Å². The van der Waals surface area contributed by atoms with Crippen LogP contribution in [0.2, 0.25) is 0 Å². The number of rotatable bonds is 8. The van der Waals surface area contributed by atoms with Gasteiger partial charge in [-0.05, 0) is 52.0 Å². The second kappa shape index (κ2) is 14.2. The highest BCUT2D eigenvalue weighted by atomic mass is 16.5. The largest absolute Gasteiger partial charge is 0.462 e. The molecule has 14 heteroatoms. The van der Waals surface area contributed by atoms with Gasteiger partial charge < -0.3 is 28.9 Å². The fraction of sp³-hybridized carbons (Fsp3) is 0.182. The lowest BCUT2D eigenvalue weighted by molar-refractivity contribution is 0.0483. The lowest BCUT2D eigenvalue weighted by atomic mass is 10.1. The Balaban J connectivity index is 1.57. The Bertz CT molecular complexity index is 2850. The Labute approximate surface area is 328 Å². The number of H-pyrrole nitrogens is 2. The first-order chi connectivity index (χ1) is 28.2. The van der Waals surface area contributed by atoms with Crippen molar-refractivity contribution in [1.82, 2.24) is 29.9 Å². The van der Waals surface area contributed by atoms with Crippen molar-refractivity contribution < 1.29 is 38.1 Å². The molecule has 7 heterocycles. The maximum atomic E-state index is 13.9. The van der Waals surface area contributed by atoms with Crippen LogP contribution in [0.1, 0.15) is 69.1 Å². The molecule has 12 bridgehead atoms. The topological polar surface area (TPSA) is 188 Å². The molecule has 2 aromatic carbocycles. The zero-order valence-corrected chi connectivity index (χ0v) is 31.8. The minimum absolute atomic E-state index is 0.0454. The highest BCUT2D eigenvalue weighted by Crippen LogP contribution is 2.34. The molecular formula is C44H34N6O8. The quantitative estimate of drug-likeness (QED) is 0.0853. The molecule has 0 aliphatic carbocycles. The summed E-state index contributed by atoms with van der Waals surface area (Å²) in [5.74, 6) is -3.01. The first-order valence-electron chi connectivity index (χ1n) is 18.9. The van der Waals surface area contributed by atoms with Gasteiger partial charge in [0, 0.05) is 21.5 Å². The number of nitrogens with one attached hydrogen (secondary N) is 2. The van der Waals surface area contributed by atoms with Gasteiger partial charge in [0.15, 0.2) is 0 Å². The number of aromatic nitrogens is 6. The molecule has 0 saturated heterocycles. The Morgan fingerprint density at radius 2 is 0.586 bits per heavy atom. The molecule has 288 valence electrons. The van der Waals surface area contributed by atoms with Crippen molar-refractivity contribution in [1.29, 1.82) is 0 Å². The third-order valence-electron chi connectivity index (χ3n) is 9.98. The molecule has 0 saturated carbocycles. The van der Waals surface area contributed by atoms with Gasteiger partial charge in [-0.15, -0.1) is 0 Å². The fourth-order valence-electron chi connectivity index (χ4n) is 7.49. The van der Waals surface area contributed by atoms with Crippen LogP contribution >= 0.6 is 0 Å². The molecule has 0 atom stereocenters. The van der Waals surface area contributed by atoms with E-state index in [1.165, 1.54) is 0 Å². The normalized spacial score (nSPS) is 11.7. The van der Waals surface area contributed by atoms with Crippen LogP contribution in [0.25, 0.3) is 87.7 Å². The van der Waals surface area contributed by atoms with E-state index in [1.54, 1.807) is 52.0 Å². The van der Waals surface area contributed by atoms with Gasteiger partial charge in [0.2, 0.25) is 0 Å². The van der Waals surface area contributed by atoms with Gasteiger partial charge in [-0.3, -0.25) is 0 Å². The van der Waals surface area contributed by atoms with Gasteiger partial charge in [-0.1, -0.05) is 48.5 Å². The van der Waals surface area contributed by atoms with Gasteiger partial charge in [0.1, 0.15) is 22.3 Å². The zero-order valence-electron chi connectivity index (χ0n) is 31.8. The number of aromatic amines is 2. The molecule has 0 aliphatic rings. The van der Waals surface area contributed by atoms with E-state index in [1.807, 2.05) is 48.5 Å². The summed E-state index contributed by atoms with van der Waals surface area (Å²) in [6.07, 6.45) is 0. The number of nitrogens with zero attached hydrogens (tertiary/aromatic N) is 4. The number of pyridine rings is 4. The third kappa shape index (κ3) is 5.71. The summed E-state index contributed by atoms with van der Waals surface area (Å²) in [5, 5.41) is 2.88. The number of hydrogen-bond donors (Lipinski definition) is 2. The number of esters is 4. The van der Waals surface area contributed by atoms with Gasteiger partial charge in [0.05, 0.1) is 92.6 Å². The molecule has 0 fully saturated rings. The van der Waals surface area contributed by atoms with Crippen molar-refractivity contribution in [2.45, 2.75) is 27.7 Å². The van der Waals surface area contributed by atoms with Crippen molar-refractivity contribution in [3.8, 4) is 0 Å². The van der Waals surface area contributed by atoms with E-state index in [-0.39, 0.29) is 70.7 Å². The average Bonchev–Trinajstić information content (AvgIpc) is 3.84. The summed E-state index contributed by atoms with van der Waals surface area (Å²) in [7, 11) is 0. The average molecular weight is 775 g/mol. The van der Waals surface area contributed by atoms with Crippen molar-refractivity contribution in [2.75, 3.05) is 26.4 Å². The third-order valence-corrected chi connectivity index (χ3v) is 9.98. The van der Waals surface area contributed by atoms with Gasteiger partial charge in [0.25, 0.3) is 0 Å². The smallest absolute Gasteiger partial charge is 0.341 e. The van der Waals surface area contributed by atoms with Gasteiger partial charge in [-0.2, -0.15) is 0 Å². The highest BCUT2D eigenvalue weighted by Gasteiger charge is 2.30. The number of carbonyl (C=O) groups excluding carboxylic acids is 4. The van der Waals surface area contributed by atoms with Crippen LogP contribution in [0.15, 0.2) is 72.8 Å². The molecule has 0 radical (unpaired) electrons. The van der Waals surface area contributed by atoms with E-state index in [0.717, 1.165) is 21.5 Å². The van der Waals surface area contributed by atoms with E-state index in [9.17, 15) is 19.2 Å². The predicted octanol–water partition coefficient (Wildman–Crippen LogP) is 8.42. The van der Waals surface area contributed by atoms with E-state index < -0.39 is 23.9 Å². The Kier molecular flexibility index (Phi) is 8.87. The molecule has 0 unspecified atom stereocenters. The summed E-state index contributed by atoms with van der Waals surface area (Å²) < 4.78 is 22.1. The summed E-state index contributed by atoms with van der Waals surface area (Å²) in [5.41, 5.74) is 3.69. The molecular weight excluding hydrogens is 741 g/mol. The van der Waals surface area contributed by atoms with Crippen LogP contribution in [0.5, 0.6) is 0 Å². The van der Waals surface area contributed by atoms with Crippen molar-refractivity contribution in [3.63, 3.8) is 0 Å². The lowest BCUT2D eigenvalue weighted by Gasteiger charge is -2.07. The molecule has 9 rings (SSSR count). The summed E-state index contributed by atoms with van der Waals surface area (Å²) in [6.45, 7) is 6.90. The van der Waals surface area contributed by atoms with Crippen LogP contribution in [0.3, 0.4) is 0 Å². The van der Waals surface area contributed by atoms with Gasteiger partial charge >= 0.3 is 23.9 Å². The highest BCUT2D eigenvalue weighted by molar-refractivity contribution is 6.20. The number of carbonyl (C=O) groups is 4. The summed E-state index contributed by atoms with van der Waals surface area (Å²) >= 11 is 0. The molecule has 14 nitrogen and oxygen atoms in total. The maximum Gasteiger partial charge on any atom is 0.341 e. The van der Waals surface area contributed by atoms with Crippen molar-refractivity contribution in [3.05, 3.63) is 95.1 Å². The first kappa shape index (κ1) is 36.2. The fourth-order valence-corrected chi connectivity index (χ4v) is 7.49. The zero-order chi connectivity index (χ0) is 40.2. The number of hydrogen-bond acceptors (Lipinski definition) is 12. The predicted molar refractivity (Wildman–Crippen MR) is 219 cm³/mol. The second-order valence-electron chi connectivity index (χ2n) is 13.3. The Morgan fingerprint density at radius 1 is 0.379 bits per heavy atom. The number of fused-ring (bicyclic) bond motifs is 12. The van der Waals surface area contributed by atoms with Gasteiger partial charge in [-0.25, -0.2) is 39.1 Å². The van der Waals surface area contributed by atoms with Crippen molar-refractivity contribution >= 4 is 112 Å². The lowest BCUT2D eigenvalue weighted by Crippen LogP contribution is -2.13. The first-order valence-corrected chi connectivity index (χ1v) is 18.9. The van der Waals surface area contributed by atoms with Crippen LogP contribution in [-0.2, 0) is 18.9 Å². The molecule has 9 aromatic rings. The standard InChI is InChI=1S/C44H34N6O8/c1-5-55-41(51)29-30(42(52)56-6-2)38-26-18-14-22-11-12-24-16-20-28(48-36(24)35(22)46-26)40-32(44(54)58-8-4)31(43(53)57-7-3)39(50-40)27-19-15-23-10-9-21-13-17-25(37(29)49-38)45-33(21)34(23)47-27/h9-20,49-50H,5-8H2,1-4H3. The molecule has 0 aliphatic heterocycles. The minimum atomic E-state index is -0.752. The summed E-state index contributed by atoms with van der Waals surface area (Å²) in [6, 6.07) is 21.9. The van der Waals surface area contributed by atoms with E-state index in [2.05, 4.69) is 9.97 Å².